The third-order valence-corrected chi connectivity index (χ3v) is 6.63. The van der Waals surface area contributed by atoms with Gasteiger partial charge < -0.3 is 24.3 Å². The van der Waals surface area contributed by atoms with E-state index in [-0.39, 0.29) is 5.88 Å². The van der Waals surface area contributed by atoms with Crippen LogP contribution in [0.25, 0.3) is 32.8 Å². The lowest BCUT2D eigenvalue weighted by Gasteiger charge is -2.11. The third kappa shape index (κ3) is 5.30. The van der Waals surface area contributed by atoms with Gasteiger partial charge in [0.15, 0.2) is 0 Å². The first-order valence-corrected chi connectivity index (χ1v) is 12.9. The summed E-state index contributed by atoms with van der Waals surface area (Å²) in [7, 11) is 0. The fourth-order valence-corrected chi connectivity index (χ4v) is 4.90. The van der Waals surface area contributed by atoms with Crippen molar-refractivity contribution < 1.29 is 24.1 Å². The number of aromatic amines is 1. The van der Waals surface area contributed by atoms with Crippen LogP contribution < -0.4 is 14.2 Å². The van der Waals surface area contributed by atoms with Gasteiger partial charge in [0.25, 0.3) is 0 Å². The summed E-state index contributed by atoms with van der Waals surface area (Å²) in [6.45, 7) is 5.30. The van der Waals surface area contributed by atoms with Crippen LogP contribution in [0, 0.1) is 6.92 Å². The van der Waals surface area contributed by atoms with Crippen molar-refractivity contribution in [2.45, 2.75) is 33.1 Å². The molecule has 0 aliphatic rings. The van der Waals surface area contributed by atoms with Crippen molar-refractivity contribution in [2.24, 2.45) is 0 Å². The number of benzene rings is 4. The van der Waals surface area contributed by atoms with E-state index in [2.05, 4.69) is 37.0 Å². The minimum Gasteiger partial charge on any atom is -0.494 e. The molecule has 0 aliphatic heterocycles. The lowest BCUT2D eigenvalue weighted by atomic mass is 9.97. The summed E-state index contributed by atoms with van der Waals surface area (Å²) < 4.78 is 17.1. The first-order chi connectivity index (χ1) is 18.5. The second kappa shape index (κ2) is 11.3. The summed E-state index contributed by atoms with van der Waals surface area (Å²) >= 11 is 0. The van der Waals surface area contributed by atoms with Gasteiger partial charge in [-0.15, -0.1) is 0 Å². The summed E-state index contributed by atoms with van der Waals surface area (Å²) in [5.74, 6) is 1.94. The van der Waals surface area contributed by atoms with Gasteiger partial charge in [0, 0.05) is 21.9 Å². The van der Waals surface area contributed by atoms with Crippen LogP contribution in [0.2, 0.25) is 0 Å². The summed E-state index contributed by atoms with van der Waals surface area (Å²) in [5, 5.41) is 12.5. The average molecular weight is 510 g/mol. The first kappa shape index (κ1) is 25.2. The minimum absolute atomic E-state index is 0.255. The second-order valence-electron chi connectivity index (χ2n) is 9.28. The topological polar surface area (TPSA) is 80.8 Å². The van der Waals surface area contributed by atoms with Crippen molar-refractivity contribution in [3.8, 4) is 28.5 Å². The molecule has 38 heavy (non-hydrogen) atoms. The van der Waals surface area contributed by atoms with E-state index in [0.717, 1.165) is 61.8 Å². The summed E-state index contributed by atoms with van der Waals surface area (Å²) in [6.07, 6.45) is 0.892. The fourth-order valence-electron chi connectivity index (χ4n) is 4.90. The van der Waals surface area contributed by atoms with Crippen LogP contribution in [0.3, 0.4) is 0 Å². The van der Waals surface area contributed by atoms with Crippen LogP contribution in [0.5, 0.6) is 17.4 Å². The Balaban J connectivity index is 1.41. The Labute approximate surface area is 221 Å². The number of para-hydroxylation sites is 1. The highest BCUT2D eigenvalue weighted by Gasteiger charge is 2.19. The van der Waals surface area contributed by atoms with Crippen LogP contribution in [0.4, 0.5) is 4.79 Å². The smallest absolute Gasteiger partial charge is 0.494 e. The molecule has 0 amide bonds. The minimum atomic E-state index is -1.35. The van der Waals surface area contributed by atoms with Crippen molar-refractivity contribution in [3.63, 3.8) is 0 Å². The molecule has 194 valence electrons. The van der Waals surface area contributed by atoms with Crippen LogP contribution >= 0.6 is 0 Å². The van der Waals surface area contributed by atoms with E-state index in [1.165, 1.54) is 0 Å². The standard InChI is InChI=1S/C32H31NO5/c1-3-18-36-23-16-17-24(21(2)20-23)26-12-7-13-27-28(31(33-30(26)27)38-32(34)35)14-8-19-37-29-15-6-10-22-9-4-5-11-25(22)29/h4-7,9-13,15-17,20,33H,3,8,14,18-19H2,1-2H3,(H,34,35). The Morgan fingerprint density at radius 3 is 2.47 bits per heavy atom. The van der Waals surface area contributed by atoms with Gasteiger partial charge in [-0.2, -0.15) is 0 Å². The van der Waals surface area contributed by atoms with E-state index < -0.39 is 6.16 Å². The number of H-pyrrole nitrogens is 1. The van der Waals surface area contributed by atoms with E-state index in [9.17, 15) is 9.90 Å². The monoisotopic (exact) mass is 509 g/mol. The first-order valence-electron chi connectivity index (χ1n) is 12.9. The number of nitrogens with one attached hydrogen (secondary N) is 1. The van der Waals surface area contributed by atoms with Gasteiger partial charge >= 0.3 is 6.16 Å². The molecule has 5 rings (SSSR count). The normalized spacial score (nSPS) is 11.1. The number of hydrogen-bond donors (Lipinski definition) is 2. The SMILES string of the molecule is CCCOc1ccc(-c2cccc3c(CCCOc4cccc5ccccc45)c(OC(=O)O)[nH]c23)c(C)c1. The number of carboxylic acid groups (broad SMARTS) is 1. The van der Waals surface area contributed by atoms with Crippen LogP contribution in [0.1, 0.15) is 30.9 Å². The molecule has 0 atom stereocenters. The maximum Gasteiger partial charge on any atom is 0.512 e. The lowest BCUT2D eigenvalue weighted by molar-refractivity contribution is 0.142. The predicted molar refractivity (Wildman–Crippen MR) is 151 cm³/mol. The van der Waals surface area contributed by atoms with Crippen LogP contribution in [-0.4, -0.2) is 29.5 Å². The molecular weight excluding hydrogens is 478 g/mol. The molecule has 2 N–H and O–H groups in total. The molecular formula is C32H31NO5. The van der Waals surface area contributed by atoms with Crippen molar-refractivity contribution in [3.05, 3.63) is 90.0 Å². The molecule has 4 aromatic carbocycles. The number of ether oxygens (including phenoxy) is 3. The molecule has 6 heteroatoms. The third-order valence-electron chi connectivity index (χ3n) is 6.63. The highest BCUT2D eigenvalue weighted by Crippen LogP contribution is 2.37. The van der Waals surface area contributed by atoms with Crippen molar-refractivity contribution in [2.75, 3.05) is 13.2 Å². The molecule has 0 unspecified atom stereocenters. The van der Waals surface area contributed by atoms with Crippen LogP contribution in [0.15, 0.2) is 78.9 Å². The quantitative estimate of drug-likeness (QED) is 0.147. The Morgan fingerprint density at radius 2 is 1.66 bits per heavy atom. The van der Waals surface area contributed by atoms with Crippen LogP contribution in [-0.2, 0) is 6.42 Å². The number of rotatable bonds is 10. The molecule has 0 radical (unpaired) electrons. The van der Waals surface area contributed by atoms with Gasteiger partial charge in [-0.25, -0.2) is 4.79 Å². The van der Waals surface area contributed by atoms with E-state index in [1.807, 2.05) is 60.7 Å². The largest absolute Gasteiger partial charge is 0.512 e. The van der Waals surface area contributed by atoms with E-state index in [4.69, 9.17) is 14.2 Å². The average Bonchev–Trinajstić information content (AvgIpc) is 3.26. The zero-order chi connectivity index (χ0) is 26.5. The number of carbonyl (C=O) groups is 1. The Kier molecular flexibility index (Phi) is 7.50. The Morgan fingerprint density at radius 1 is 0.868 bits per heavy atom. The van der Waals surface area contributed by atoms with Gasteiger partial charge in [0.1, 0.15) is 11.5 Å². The molecule has 1 heterocycles. The zero-order valence-electron chi connectivity index (χ0n) is 21.6. The molecule has 0 spiro atoms. The Bertz CT molecular complexity index is 1580. The molecule has 0 aliphatic carbocycles. The molecule has 0 fully saturated rings. The number of aromatic nitrogens is 1. The second-order valence-corrected chi connectivity index (χ2v) is 9.28. The number of aryl methyl sites for hydroxylation is 2. The summed E-state index contributed by atoms with van der Waals surface area (Å²) in [6, 6.07) is 26.2. The maximum absolute atomic E-state index is 11.5. The molecule has 6 nitrogen and oxygen atoms in total. The Hall–Kier alpha value is -4.45. The number of fused-ring (bicyclic) bond motifs is 2. The molecule has 0 saturated heterocycles. The van der Waals surface area contributed by atoms with Crippen molar-refractivity contribution >= 4 is 27.8 Å². The van der Waals surface area contributed by atoms with E-state index in [0.29, 0.717) is 26.1 Å². The van der Waals surface area contributed by atoms with Gasteiger partial charge in [0.2, 0.25) is 5.88 Å². The molecule has 0 saturated carbocycles. The highest BCUT2D eigenvalue weighted by atomic mass is 16.7. The van der Waals surface area contributed by atoms with E-state index in [1.54, 1.807) is 0 Å². The molecule has 1 aromatic heterocycles. The summed E-state index contributed by atoms with van der Waals surface area (Å²) in [4.78, 5) is 14.7. The van der Waals surface area contributed by atoms with Crippen molar-refractivity contribution in [1.29, 1.82) is 0 Å². The van der Waals surface area contributed by atoms with Gasteiger partial charge in [0.05, 0.1) is 18.7 Å². The lowest BCUT2D eigenvalue weighted by Crippen LogP contribution is -2.06. The van der Waals surface area contributed by atoms with Crippen molar-refractivity contribution in [1.82, 2.24) is 4.98 Å². The summed E-state index contributed by atoms with van der Waals surface area (Å²) in [5.41, 5.74) is 4.78. The fraction of sp³-hybridized carbons (Fsp3) is 0.219. The molecule has 0 bridgehead atoms. The maximum atomic E-state index is 11.5. The van der Waals surface area contributed by atoms with Gasteiger partial charge in [-0.05, 0) is 60.9 Å². The van der Waals surface area contributed by atoms with Gasteiger partial charge in [-0.3, -0.25) is 0 Å². The van der Waals surface area contributed by atoms with E-state index >= 15 is 0 Å². The molecule has 5 aromatic rings. The predicted octanol–water partition coefficient (Wildman–Crippen LogP) is 8.15. The van der Waals surface area contributed by atoms with Gasteiger partial charge in [-0.1, -0.05) is 67.6 Å². The number of hydrogen-bond acceptors (Lipinski definition) is 4. The highest BCUT2D eigenvalue weighted by molar-refractivity contribution is 5.98. The zero-order valence-corrected chi connectivity index (χ0v) is 21.6.